The minimum absolute atomic E-state index is 0.0817. The van der Waals surface area contributed by atoms with Crippen LogP contribution < -0.4 is 10.1 Å². The van der Waals surface area contributed by atoms with Crippen LogP contribution in [0.4, 0.5) is 0 Å². The molecule has 0 radical (unpaired) electrons. The SMILES string of the molecule is COc1ccc(C2(CNC(=O)CN(C)C3CC3)CCCCC2)cc1. The Kier molecular flexibility index (Phi) is 5.44. The van der Waals surface area contributed by atoms with Gasteiger partial charge in [-0.3, -0.25) is 9.69 Å². The van der Waals surface area contributed by atoms with Crippen LogP contribution in [0.1, 0.15) is 50.5 Å². The Balaban J connectivity index is 1.65. The number of benzene rings is 1. The third-order valence-corrected chi connectivity index (χ3v) is 5.70. The molecule has 1 aromatic rings. The molecule has 4 heteroatoms. The lowest BCUT2D eigenvalue weighted by Gasteiger charge is -2.38. The molecular weight excluding hydrogens is 300 g/mol. The van der Waals surface area contributed by atoms with Crippen molar-refractivity contribution in [2.75, 3.05) is 27.2 Å². The number of amides is 1. The molecule has 3 rings (SSSR count). The second-order valence-electron chi connectivity index (χ2n) is 7.49. The number of hydrogen-bond donors (Lipinski definition) is 1. The van der Waals surface area contributed by atoms with Gasteiger partial charge >= 0.3 is 0 Å². The molecule has 24 heavy (non-hydrogen) atoms. The molecule has 0 unspecified atom stereocenters. The summed E-state index contributed by atoms with van der Waals surface area (Å²) in [5.41, 5.74) is 1.41. The highest BCUT2D eigenvalue weighted by Gasteiger charge is 2.34. The largest absolute Gasteiger partial charge is 0.497 e. The lowest BCUT2D eigenvalue weighted by Crippen LogP contribution is -2.45. The van der Waals surface area contributed by atoms with Crippen molar-refractivity contribution in [2.45, 2.75) is 56.4 Å². The Morgan fingerprint density at radius 1 is 1.21 bits per heavy atom. The van der Waals surface area contributed by atoms with Gasteiger partial charge in [0.1, 0.15) is 5.75 Å². The van der Waals surface area contributed by atoms with Gasteiger partial charge in [0.2, 0.25) is 5.91 Å². The Hall–Kier alpha value is -1.55. The fourth-order valence-electron chi connectivity index (χ4n) is 3.94. The van der Waals surface area contributed by atoms with Gasteiger partial charge in [0.25, 0.3) is 0 Å². The summed E-state index contributed by atoms with van der Waals surface area (Å²) in [7, 11) is 3.75. The lowest BCUT2D eigenvalue weighted by molar-refractivity contribution is -0.122. The summed E-state index contributed by atoms with van der Waals surface area (Å²) in [6.07, 6.45) is 8.55. The first kappa shape index (κ1) is 17.3. The van der Waals surface area contributed by atoms with Gasteiger partial charge in [-0.05, 0) is 50.4 Å². The smallest absolute Gasteiger partial charge is 0.234 e. The zero-order valence-corrected chi connectivity index (χ0v) is 15.0. The number of nitrogens with one attached hydrogen (secondary N) is 1. The monoisotopic (exact) mass is 330 g/mol. The number of ether oxygens (including phenoxy) is 1. The quantitative estimate of drug-likeness (QED) is 0.835. The van der Waals surface area contributed by atoms with Crippen molar-refractivity contribution in [2.24, 2.45) is 0 Å². The Morgan fingerprint density at radius 2 is 1.88 bits per heavy atom. The number of methoxy groups -OCH3 is 1. The predicted octanol–water partition coefficient (Wildman–Crippen LogP) is 3.11. The number of likely N-dealkylation sites (N-methyl/N-ethyl adjacent to an activating group) is 1. The van der Waals surface area contributed by atoms with Crippen LogP contribution in [0.25, 0.3) is 0 Å². The minimum atomic E-state index is 0.0817. The summed E-state index contributed by atoms with van der Waals surface area (Å²) in [4.78, 5) is 14.5. The van der Waals surface area contributed by atoms with Crippen molar-refractivity contribution in [3.05, 3.63) is 29.8 Å². The minimum Gasteiger partial charge on any atom is -0.497 e. The van der Waals surface area contributed by atoms with Gasteiger partial charge in [-0.1, -0.05) is 31.4 Å². The van der Waals surface area contributed by atoms with E-state index in [-0.39, 0.29) is 11.3 Å². The van der Waals surface area contributed by atoms with E-state index >= 15 is 0 Å². The van der Waals surface area contributed by atoms with E-state index in [9.17, 15) is 4.79 Å². The lowest BCUT2D eigenvalue weighted by atomic mass is 9.69. The molecule has 1 N–H and O–H groups in total. The number of carbonyl (C=O) groups excluding carboxylic acids is 1. The zero-order valence-electron chi connectivity index (χ0n) is 15.0. The summed E-state index contributed by atoms with van der Waals surface area (Å²) in [5.74, 6) is 1.04. The van der Waals surface area contributed by atoms with Crippen LogP contribution >= 0.6 is 0 Å². The van der Waals surface area contributed by atoms with Gasteiger partial charge in [0.15, 0.2) is 0 Å². The van der Waals surface area contributed by atoms with E-state index in [0.29, 0.717) is 12.6 Å². The number of hydrogen-bond acceptors (Lipinski definition) is 3. The third-order valence-electron chi connectivity index (χ3n) is 5.70. The van der Waals surface area contributed by atoms with Crippen LogP contribution in [0, 0.1) is 0 Å². The molecule has 0 atom stereocenters. The highest BCUT2D eigenvalue weighted by molar-refractivity contribution is 5.78. The first-order valence-corrected chi connectivity index (χ1v) is 9.24. The van der Waals surface area contributed by atoms with Gasteiger partial charge in [0.05, 0.1) is 13.7 Å². The molecular formula is C20H30N2O2. The van der Waals surface area contributed by atoms with E-state index in [4.69, 9.17) is 4.74 Å². The fraction of sp³-hybridized carbons (Fsp3) is 0.650. The van der Waals surface area contributed by atoms with Crippen molar-refractivity contribution in [1.82, 2.24) is 10.2 Å². The van der Waals surface area contributed by atoms with E-state index in [1.54, 1.807) is 7.11 Å². The molecule has 1 aromatic carbocycles. The zero-order chi connectivity index (χ0) is 17.0. The Morgan fingerprint density at radius 3 is 2.46 bits per heavy atom. The molecule has 0 spiro atoms. The summed E-state index contributed by atoms with van der Waals surface area (Å²) < 4.78 is 5.28. The van der Waals surface area contributed by atoms with E-state index in [0.717, 1.165) is 25.1 Å². The second-order valence-corrected chi connectivity index (χ2v) is 7.49. The molecule has 0 aromatic heterocycles. The van der Waals surface area contributed by atoms with Crippen molar-refractivity contribution >= 4 is 5.91 Å². The van der Waals surface area contributed by atoms with E-state index in [1.807, 2.05) is 12.1 Å². The standard InChI is InChI=1S/C20H30N2O2/c1-22(17-8-9-17)14-19(23)21-15-20(12-4-3-5-13-20)16-6-10-18(24-2)11-7-16/h6-7,10-11,17H,3-5,8-9,12-15H2,1-2H3,(H,21,23). The molecule has 0 heterocycles. The second kappa shape index (κ2) is 7.56. The molecule has 2 saturated carbocycles. The van der Waals surface area contributed by atoms with Crippen LogP contribution in [0.3, 0.4) is 0 Å². The highest BCUT2D eigenvalue weighted by atomic mass is 16.5. The van der Waals surface area contributed by atoms with E-state index in [2.05, 4.69) is 29.4 Å². The normalized spacial score (nSPS) is 20.0. The van der Waals surface area contributed by atoms with Gasteiger partial charge in [-0.2, -0.15) is 0 Å². The van der Waals surface area contributed by atoms with E-state index < -0.39 is 0 Å². The van der Waals surface area contributed by atoms with Crippen LogP contribution in [0.5, 0.6) is 5.75 Å². The molecule has 0 bridgehead atoms. The van der Waals surface area contributed by atoms with Gasteiger partial charge in [-0.25, -0.2) is 0 Å². The summed E-state index contributed by atoms with van der Waals surface area (Å²) in [6.45, 7) is 1.26. The van der Waals surface area contributed by atoms with Gasteiger partial charge < -0.3 is 10.1 Å². The van der Waals surface area contributed by atoms with Crippen LogP contribution in [-0.4, -0.2) is 44.1 Å². The first-order chi connectivity index (χ1) is 11.6. The Bertz CT molecular complexity index is 545. The summed E-state index contributed by atoms with van der Waals surface area (Å²) in [5, 5.41) is 3.22. The fourth-order valence-corrected chi connectivity index (χ4v) is 3.94. The molecule has 4 nitrogen and oxygen atoms in total. The van der Waals surface area contributed by atoms with Gasteiger partial charge in [-0.15, -0.1) is 0 Å². The van der Waals surface area contributed by atoms with Crippen molar-refractivity contribution < 1.29 is 9.53 Å². The van der Waals surface area contributed by atoms with Gasteiger partial charge in [0, 0.05) is 18.0 Å². The molecule has 2 fully saturated rings. The molecule has 0 aliphatic heterocycles. The topological polar surface area (TPSA) is 41.6 Å². The number of rotatable bonds is 7. The van der Waals surface area contributed by atoms with E-state index in [1.165, 1.54) is 37.7 Å². The molecule has 2 aliphatic rings. The Labute approximate surface area is 145 Å². The molecule has 2 aliphatic carbocycles. The average Bonchev–Trinajstić information content (AvgIpc) is 3.46. The van der Waals surface area contributed by atoms with Crippen molar-refractivity contribution in [3.8, 4) is 5.75 Å². The van der Waals surface area contributed by atoms with Crippen LogP contribution in [0.2, 0.25) is 0 Å². The predicted molar refractivity (Wildman–Crippen MR) is 96.4 cm³/mol. The maximum Gasteiger partial charge on any atom is 0.234 e. The maximum atomic E-state index is 12.3. The average molecular weight is 330 g/mol. The first-order valence-electron chi connectivity index (χ1n) is 9.24. The number of nitrogens with zero attached hydrogens (tertiary/aromatic N) is 1. The number of carbonyl (C=O) groups is 1. The van der Waals surface area contributed by atoms with Crippen molar-refractivity contribution in [1.29, 1.82) is 0 Å². The van der Waals surface area contributed by atoms with Crippen LogP contribution in [-0.2, 0) is 10.2 Å². The highest BCUT2D eigenvalue weighted by Crippen LogP contribution is 2.39. The summed E-state index contributed by atoms with van der Waals surface area (Å²) >= 11 is 0. The molecule has 132 valence electrons. The van der Waals surface area contributed by atoms with Crippen LogP contribution in [0.15, 0.2) is 24.3 Å². The maximum absolute atomic E-state index is 12.3. The molecule has 0 saturated heterocycles. The molecule has 1 amide bonds. The van der Waals surface area contributed by atoms with Crippen molar-refractivity contribution in [3.63, 3.8) is 0 Å². The summed E-state index contributed by atoms with van der Waals surface area (Å²) in [6, 6.07) is 9.04. The third kappa shape index (κ3) is 4.10.